The van der Waals surface area contributed by atoms with Crippen molar-refractivity contribution in [2.75, 3.05) is 0 Å². The molecule has 0 rings (SSSR count). The van der Waals surface area contributed by atoms with Crippen LogP contribution in [0.5, 0.6) is 0 Å². The Hall–Kier alpha value is -0.830. The molecule has 0 heterocycles. The van der Waals surface area contributed by atoms with Gasteiger partial charge in [-0.15, -0.1) is 0 Å². The van der Waals surface area contributed by atoms with Crippen molar-refractivity contribution in [2.45, 2.75) is 33.1 Å². The van der Waals surface area contributed by atoms with Crippen LogP contribution in [0.3, 0.4) is 0 Å². The van der Waals surface area contributed by atoms with Crippen LogP contribution in [0.2, 0.25) is 0 Å². The molecule has 0 aromatic heterocycles. The van der Waals surface area contributed by atoms with Crippen molar-refractivity contribution in [2.24, 2.45) is 5.73 Å². The number of hydrogen-bond acceptors (Lipinski definition) is 1. The average Bonchev–Trinajstić information content (AvgIpc) is 1.88. The highest BCUT2D eigenvalue weighted by Gasteiger charge is 1.93. The minimum atomic E-state index is -0.309. The summed E-state index contributed by atoms with van der Waals surface area (Å²) in [6.45, 7) is 3.87. The number of nitrogens with two attached hydrogens (primary N) is 1. The highest BCUT2D eigenvalue weighted by molar-refractivity contribution is 5.91. The minimum Gasteiger partial charge on any atom is -0.412 e. The Morgan fingerprint density at radius 2 is 2.09 bits per heavy atom. The van der Waals surface area contributed by atoms with Gasteiger partial charge in [0.25, 0.3) is 0 Å². The second-order valence-electron chi connectivity index (χ2n) is 2.39. The lowest BCUT2D eigenvalue weighted by Crippen LogP contribution is -2.11. The van der Waals surface area contributed by atoms with Gasteiger partial charge in [0, 0.05) is 5.57 Å². The van der Waals surface area contributed by atoms with E-state index in [9.17, 15) is 4.79 Å². The number of unbranched alkanes of at least 4 members (excludes halogenated alkanes) is 2. The molecule has 0 aliphatic heterocycles. The van der Waals surface area contributed by atoms with E-state index in [0.717, 1.165) is 19.3 Å². The zero-order valence-corrected chi connectivity index (χ0v) is 7.18. The van der Waals surface area contributed by atoms with Crippen molar-refractivity contribution in [1.29, 1.82) is 0 Å². The molecule has 0 spiro atoms. The Labute approximate surface area is 67.6 Å². The van der Waals surface area contributed by atoms with Gasteiger partial charge in [0.1, 0.15) is 0 Å². The summed E-state index contributed by atoms with van der Waals surface area (Å²) in [4.78, 5) is 10.4. The fourth-order valence-electron chi connectivity index (χ4n) is 0.623. The Bertz CT molecular complexity index is 141. The van der Waals surface area contributed by atoms with E-state index in [-0.39, 0.29) is 11.4 Å². The predicted octanol–water partition coefficient (Wildman–Crippen LogP) is 0.783. The predicted molar refractivity (Wildman–Crippen MR) is 46.1 cm³/mol. The van der Waals surface area contributed by atoms with Gasteiger partial charge in [-0.25, -0.2) is 0 Å². The van der Waals surface area contributed by atoms with Crippen LogP contribution in [0.4, 0.5) is 0 Å². The summed E-state index contributed by atoms with van der Waals surface area (Å²) in [5, 5.41) is 0. The molecule has 0 aliphatic rings. The molecule has 0 saturated carbocycles. The Morgan fingerprint density at radius 1 is 1.55 bits per heavy atom. The molecule has 11 heavy (non-hydrogen) atoms. The highest BCUT2D eigenvalue weighted by atomic mass is 16.1. The van der Waals surface area contributed by atoms with E-state index < -0.39 is 0 Å². The summed E-state index contributed by atoms with van der Waals surface area (Å²) >= 11 is 0. The molecule has 0 bridgehead atoms. The van der Waals surface area contributed by atoms with Crippen LogP contribution in [0.25, 0.3) is 0 Å². The van der Waals surface area contributed by atoms with Gasteiger partial charge in [0.15, 0.2) is 0 Å². The number of hydrogen-bond donors (Lipinski definition) is 1. The molecular formula is C8H17NO2. The highest BCUT2D eigenvalue weighted by Crippen LogP contribution is 1.99. The smallest absolute Gasteiger partial charge is 0.244 e. The van der Waals surface area contributed by atoms with Crippen molar-refractivity contribution in [3.8, 4) is 0 Å². The topological polar surface area (TPSA) is 74.6 Å². The van der Waals surface area contributed by atoms with Gasteiger partial charge in [0.2, 0.25) is 5.91 Å². The Kier molecular flexibility index (Phi) is 8.48. The number of primary amides is 1. The van der Waals surface area contributed by atoms with Gasteiger partial charge < -0.3 is 11.2 Å². The molecule has 3 heteroatoms. The largest absolute Gasteiger partial charge is 0.412 e. The van der Waals surface area contributed by atoms with E-state index in [1.165, 1.54) is 0 Å². The van der Waals surface area contributed by atoms with Gasteiger partial charge in [-0.05, 0) is 13.3 Å². The van der Waals surface area contributed by atoms with E-state index in [1.54, 1.807) is 6.92 Å². The molecule has 0 unspecified atom stereocenters. The van der Waals surface area contributed by atoms with E-state index >= 15 is 0 Å². The monoisotopic (exact) mass is 159 g/mol. The summed E-state index contributed by atoms with van der Waals surface area (Å²) in [5.41, 5.74) is 5.69. The van der Waals surface area contributed by atoms with E-state index in [4.69, 9.17) is 5.73 Å². The molecule has 66 valence electrons. The average molecular weight is 159 g/mol. The lowest BCUT2D eigenvalue weighted by atomic mass is 10.2. The van der Waals surface area contributed by atoms with Crippen LogP contribution in [0.15, 0.2) is 11.6 Å². The molecule has 0 aromatic rings. The molecule has 0 saturated heterocycles. The first-order valence-electron chi connectivity index (χ1n) is 3.65. The maximum atomic E-state index is 10.4. The lowest BCUT2D eigenvalue weighted by Gasteiger charge is -1.92. The minimum absolute atomic E-state index is 0. The Balaban J connectivity index is 0. The summed E-state index contributed by atoms with van der Waals surface area (Å²) in [6.07, 6.45) is 5.14. The van der Waals surface area contributed by atoms with Gasteiger partial charge in [-0.2, -0.15) is 0 Å². The zero-order chi connectivity index (χ0) is 7.98. The summed E-state index contributed by atoms with van der Waals surface area (Å²) in [5.74, 6) is -0.309. The molecule has 0 atom stereocenters. The zero-order valence-electron chi connectivity index (χ0n) is 7.18. The first kappa shape index (κ1) is 12.8. The Morgan fingerprint density at radius 3 is 2.45 bits per heavy atom. The molecule has 0 aromatic carbocycles. The van der Waals surface area contributed by atoms with Crippen LogP contribution in [0, 0.1) is 0 Å². The third kappa shape index (κ3) is 7.06. The van der Waals surface area contributed by atoms with Gasteiger partial charge in [0.05, 0.1) is 0 Å². The van der Waals surface area contributed by atoms with Crippen LogP contribution < -0.4 is 5.73 Å². The molecule has 0 aliphatic carbocycles. The van der Waals surface area contributed by atoms with E-state index in [1.807, 2.05) is 6.08 Å². The summed E-state index contributed by atoms with van der Waals surface area (Å²) in [7, 11) is 0. The number of carbonyl (C=O) groups is 1. The number of carbonyl (C=O) groups excluding carboxylic acids is 1. The maximum absolute atomic E-state index is 10.4. The van der Waals surface area contributed by atoms with Gasteiger partial charge >= 0.3 is 0 Å². The quantitative estimate of drug-likeness (QED) is 0.477. The third-order valence-corrected chi connectivity index (χ3v) is 1.40. The number of rotatable bonds is 4. The van der Waals surface area contributed by atoms with Crippen molar-refractivity contribution < 1.29 is 10.3 Å². The maximum Gasteiger partial charge on any atom is 0.244 e. The van der Waals surface area contributed by atoms with Gasteiger partial charge in [-0.3, -0.25) is 4.79 Å². The van der Waals surface area contributed by atoms with Crippen LogP contribution in [-0.2, 0) is 4.79 Å². The number of allylic oxidation sites excluding steroid dienone is 1. The van der Waals surface area contributed by atoms with Crippen LogP contribution in [-0.4, -0.2) is 11.4 Å². The molecule has 1 amide bonds. The molecule has 0 fully saturated rings. The fourth-order valence-corrected chi connectivity index (χ4v) is 0.623. The molecule has 3 nitrogen and oxygen atoms in total. The molecule has 4 N–H and O–H groups in total. The molecular weight excluding hydrogens is 142 g/mol. The van der Waals surface area contributed by atoms with E-state index in [2.05, 4.69) is 6.92 Å². The summed E-state index contributed by atoms with van der Waals surface area (Å²) < 4.78 is 0. The fraction of sp³-hybridized carbons (Fsp3) is 0.625. The van der Waals surface area contributed by atoms with Crippen LogP contribution >= 0.6 is 0 Å². The SMILES string of the molecule is CCCCC=C(C)C(N)=O.O. The van der Waals surface area contributed by atoms with Crippen molar-refractivity contribution in [3.63, 3.8) is 0 Å². The second kappa shape index (κ2) is 7.28. The normalized spacial score (nSPS) is 10.5. The third-order valence-electron chi connectivity index (χ3n) is 1.40. The molecule has 0 radical (unpaired) electrons. The first-order valence-corrected chi connectivity index (χ1v) is 3.65. The number of amides is 1. The first-order chi connectivity index (χ1) is 4.68. The van der Waals surface area contributed by atoms with E-state index in [0.29, 0.717) is 5.57 Å². The lowest BCUT2D eigenvalue weighted by molar-refractivity contribution is -0.114. The van der Waals surface area contributed by atoms with Crippen molar-refractivity contribution in [1.82, 2.24) is 0 Å². The standard InChI is InChI=1S/C8H15NO.H2O/c1-3-4-5-6-7(2)8(9)10;/h6H,3-5H2,1-2H3,(H2,9,10);1H2. The van der Waals surface area contributed by atoms with Crippen molar-refractivity contribution in [3.05, 3.63) is 11.6 Å². The van der Waals surface area contributed by atoms with Crippen LogP contribution in [0.1, 0.15) is 33.1 Å². The van der Waals surface area contributed by atoms with Gasteiger partial charge in [-0.1, -0.05) is 25.8 Å². The van der Waals surface area contributed by atoms with Crippen molar-refractivity contribution >= 4 is 5.91 Å². The second-order valence-corrected chi connectivity index (χ2v) is 2.39. The summed E-state index contributed by atoms with van der Waals surface area (Å²) in [6, 6.07) is 0.